The Hall–Kier alpha value is -1.59. The van der Waals surface area contributed by atoms with Gasteiger partial charge in [-0.15, -0.1) is 0 Å². The van der Waals surface area contributed by atoms with Gasteiger partial charge >= 0.3 is 0 Å². The largest absolute Gasteiger partial charge is 0.359 e. The summed E-state index contributed by atoms with van der Waals surface area (Å²) in [5, 5.41) is 4.51. The Balaban J connectivity index is 1.67. The van der Waals surface area contributed by atoms with Gasteiger partial charge in [0.05, 0.1) is 4.88 Å². The van der Waals surface area contributed by atoms with Gasteiger partial charge in [-0.25, -0.2) is 4.98 Å². The molecule has 1 amide bonds. The molecule has 1 saturated heterocycles. The predicted octanol–water partition coefficient (Wildman–Crippen LogP) is 3.43. The van der Waals surface area contributed by atoms with Crippen molar-refractivity contribution in [3.05, 3.63) is 35.5 Å². The smallest absolute Gasteiger partial charge is 0.222 e. The summed E-state index contributed by atoms with van der Waals surface area (Å²) in [6, 6.07) is 7.81. The summed E-state index contributed by atoms with van der Waals surface area (Å²) in [4.78, 5) is 19.6. The molecule has 0 spiro atoms. The summed E-state index contributed by atoms with van der Waals surface area (Å²) in [5.74, 6) is 0.289. The first kappa shape index (κ1) is 15.3. The lowest BCUT2D eigenvalue weighted by Crippen LogP contribution is -2.39. The van der Waals surface area contributed by atoms with E-state index in [2.05, 4.69) is 15.2 Å². The first-order chi connectivity index (χ1) is 10.7. The van der Waals surface area contributed by atoms with Crippen molar-refractivity contribution in [2.75, 3.05) is 25.0 Å². The molecule has 0 unspecified atom stereocenters. The molecule has 6 heteroatoms. The average Bonchev–Trinajstić information content (AvgIpc) is 3.05. The number of carbonyl (C=O) groups is 1. The molecule has 22 heavy (non-hydrogen) atoms. The number of thiazole rings is 1. The summed E-state index contributed by atoms with van der Waals surface area (Å²) < 4.78 is 0. The molecule has 2 aromatic rings. The number of aromatic nitrogens is 1. The van der Waals surface area contributed by atoms with Gasteiger partial charge in [-0.1, -0.05) is 35.1 Å². The lowest BCUT2D eigenvalue weighted by molar-refractivity contribution is -0.125. The molecular formula is C16H18ClN3OS. The summed E-state index contributed by atoms with van der Waals surface area (Å²) in [6.07, 6.45) is 3.68. The molecule has 1 aromatic heterocycles. The molecule has 1 fully saturated rings. The Morgan fingerprint density at radius 3 is 2.64 bits per heavy atom. The lowest BCUT2D eigenvalue weighted by atomic mass is 9.96. The van der Waals surface area contributed by atoms with Crippen LogP contribution in [-0.2, 0) is 4.79 Å². The number of amides is 1. The summed E-state index contributed by atoms with van der Waals surface area (Å²) in [5.41, 5.74) is 1.13. The number of piperidine rings is 1. The summed E-state index contributed by atoms with van der Waals surface area (Å²) >= 11 is 7.61. The van der Waals surface area contributed by atoms with E-state index < -0.39 is 0 Å². The number of nitrogens with one attached hydrogen (secondary N) is 1. The van der Waals surface area contributed by atoms with Crippen LogP contribution in [0.5, 0.6) is 0 Å². The molecule has 1 aliphatic heterocycles. The molecule has 0 atom stereocenters. The topological polar surface area (TPSA) is 45.2 Å². The van der Waals surface area contributed by atoms with E-state index in [-0.39, 0.29) is 11.8 Å². The van der Waals surface area contributed by atoms with Crippen LogP contribution in [0.25, 0.3) is 10.4 Å². The van der Waals surface area contributed by atoms with Crippen molar-refractivity contribution in [3.63, 3.8) is 0 Å². The van der Waals surface area contributed by atoms with Gasteiger partial charge in [0, 0.05) is 37.3 Å². The Labute approximate surface area is 139 Å². The van der Waals surface area contributed by atoms with Crippen LogP contribution >= 0.6 is 22.9 Å². The Bertz CT molecular complexity index is 648. The number of carbonyl (C=O) groups excluding carboxylic acids is 1. The van der Waals surface area contributed by atoms with Crippen LogP contribution in [0.3, 0.4) is 0 Å². The van der Waals surface area contributed by atoms with Crippen molar-refractivity contribution in [3.8, 4) is 10.4 Å². The van der Waals surface area contributed by atoms with Crippen LogP contribution in [0.2, 0.25) is 5.02 Å². The Morgan fingerprint density at radius 1 is 1.32 bits per heavy atom. The standard InChI is InChI=1S/C16H18ClN3OS/c1-18-15(21)12-6-8-20(9-7-12)16-19-10-14(22-16)11-2-4-13(17)5-3-11/h2-5,10,12H,6-9H2,1H3,(H,18,21). The SMILES string of the molecule is CNC(=O)C1CCN(c2ncc(-c3ccc(Cl)cc3)s2)CC1. The highest BCUT2D eigenvalue weighted by Crippen LogP contribution is 2.33. The van der Waals surface area contributed by atoms with E-state index in [1.165, 1.54) is 0 Å². The quantitative estimate of drug-likeness (QED) is 0.934. The van der Waals surface area contributed by atoms with Crippen molar-refractivity contribution in [1.29, 1.82) is 0 Å². The van der Waals surface area contributed by atoms with Crippen LogP contribution in [0.15, 0.2) is 30.5 Å². The molecule has 1 aliphatic rings. The van der Waals surface area contributed by atoms with Crippen molar-refractivity contribution in [1.82, 2.24) is 10.3 Å². The summed E-state index contributed by atoms with van der Waals surface area (Å²) in [6.45, 7) is 1.76. The first-order valence-corrected chi connectivity index (χ1v) is 8.55. The number of nitrogens with zero attached hydrogens (tertiary/aromatic N) is 2. The van der Waals surface area contributed by atoms with Gasteiger partial charge in [-0.2, -0.15) is 0 Å². The molecule has 0 bridgehead atoms. The van der Waals surface area contributed by atoms with E-state index in [0.717, 1.165) is 46.5 Å². The van der Waals surface area contributed by atoms with Crippen molar-refractivity contribution >= 4 is 34.0 Å². The fourth-order valence-corrected chi connectivity index (χ4v) is 3.79. The zero-order chi connectivity index (χ0) is 15.5. The molecule has 0 radical (unpaired) electrons. The van der Waals surface area contributed by atoms with Gasteiger partial charge in [0.15, 0.2) is 5.13 Å². The minimum absolute atomic E-state index is 0.136. The third-order valence-electron chi connectivity index (χ3n) is 4.00. The maximum atomic E-state index is 11.7. The second kappa shape index (κ2) is 6.67. The molecule has 1 aromatic carbocycles. The molecular weight excluding hydrogens is 318 g/mol. The van der Waals surface area contributed by atoms with Gasteiger partial charge in [0.25, 0.3) is 0 Å². The van der Waals surface area contributed by atoms with Crippen LogP contribution in [-0.4, -0.2) is 31.0 Å². The van der Waals surface area contributed by atoms with Crippen LogP contribution in [0.1, 0.15) is 12.8 Å². The van der Waals surface area contributed by atoms with Crippen molar-refractivity contribution in [2.24, 2.45) is 5.92 Å². The number of benzene rings is 1. The maximum absolute atomic E-state index is 11.7. The van der Waals surface area contributed by atoms with E-state index in [1.54, 1.807) is 18.4 Å². The molecule has 0 saturated carbocycles. The van der Waals surface area contributed by atoms with Gasteiger partial charge < -0.3 is 10.2 Å². The highest BCUT2D eigenvalue weighted by Gasteiger charge is 2.25. The van der Waals surface area contributed by atoms with Crippen LogP contribution < -0.4 is 10.2 Å². The van der Waals surface area contributed by atoms with Crippen LogP contribution in [0.4, 0.5) is 5.13 Å². The number of hydrogen-bond donors (Lipinski definition) is 1. The second-order valence-electron chi connectivity index (χ2n) is 5.39. The Kier molecular flexibility index (Phi) is 4.64. The second-order valence-corrected chi connectivity index (χ2v) is 6.84. The minimum atomic E-state index is 0.136. The zero-order valence-electron chi connectivity index (χ0n) is 12.4. The number of halogens is 1. The van der Waals surface area contributed by atoms with Gasteiger partial charge in [-0.3, -0.25) is 4.79 Å². The van der Waals surface area contributed by atoms with Gasteiger partial charge in [0.2, 0.25) is 5.91 Å². The van der Waals surface area contributed by atoms with E-state index >= 15 is 0 Å². The number of rotatable bonds is 3. The third-order valence-corrected chi connectivity index (χ3v) is 5.36. The number of hydrogen-bond acceptors (Lipinski definition) is 4. The average molecular weight is 336 g/mol. The van der Waals surface area contributed by atoms with Crippen molar-refractivity contribution < 1.29 is 4.79 Å². The lowest BCUT2D eigenvalue weighted by Gasteiger charge is -2.30. The summed E-state index contributed by atoms with van der Waals surface area (Å²) in [7, 11) is 1.70. The third kappa shape index (κ3) is 3.25. The van der Waals surface area contributed by atoms with Gasteiger partial charge in [0.1, 0.15) is 0 Å². The van der Waals surface area contributed by atoms with Crippen molar-refractivity contribution in [2.45, 2.75) is 12.8 Å². The van der Waals surface area contributed by atoms with Crippen LogP contribution in [0, 0.1) is 5.92 Å². The number of anilines is 1. The monoisotopic (exact) mass is 335 g/mol. The van der Waals surface area contributed by atoms with Gasteiger partial charge in [-0.05, 0) is 30.5 Å². The zero-order valence-corrected chi connectivity index (χ0v) is 14.0. The van der Waals surface area contributed by atoms with E-state index in [4.69, 9.17) is 11.6 Å². The predicted molar refractivity (Wildman–Crippen MR) is 91.6 cm³/mol. The fraction of sp³-hybridized carbons (Fsp3) is 0.375. The fourth-order valence-electron chi connectivity index (χ4n) is 2.70. The molecule has 0 aliphatic carbocycles. The first-order valence-electron chi connectivity index (χ1n) is 7.35. The maximum Gasteiger partial charge on any atom is 0.222 e. The molecule has 1 N–H and O–H groups in total. The normalized spacial score (nSPS) is 15.8. The van der Waals surface area contributed by atoms with E-state index in [0.29, 0.717) is 0 Å². The molecule has 2 heterocycles. The molecule has 4 nitrogen and oxygen atoms in total. The van der Waals surface area contributed by atoms with E-state index in [1.807, 2.05) is 30.5 Å². The molecule has 116 valence electrons. The Morgan fingerprint density at radius 2 is 2.00 bits per heavy atom. The minimum Gasteiger partial charge on any atom is -0.359 e. The molecule has 3 rings (SSSR count). The highest BCUT2D eigenvalue weighted by molar-refractivity contribution is 7.18. The van der Waals surface area contributed by atoms with E-state index in [9.17, 15) is 4.79 Å². The highest BCUT2D eigenvalue weighted by atomic mass is 35.5.